The summed E-state index contributed by atoms with van der Waals surface area (Å²) >= 11 is 2.67. The maximum atomic E-state index is 11.8. The zero-order chi connectivity index (χ0) is 15.2. The first-order chi connectivity index (χ1) is 10.1. The largest absolute Gasteiger partial charge is 0.465 e. The van der Waals surface area contributed by atoms with E-state index in [1.165, 1.54) is 23.1 Å². The number of thioether (sulfide) groups is 1. The third-order valence-corrected chi connectivity index (χ3v) is 4.39. The van der Waals surface area contributed by atoms with Crippen LogP contribution in [0.2, 0.25) is 0 Å². The van der Waals surface area contributed by atoms with E-state index in [9.17, 15) is 9.59 Å². The first-order valence-electron chi connectivity index (χ1n) is 6.49. The number of nitrogens with one attached hydrogen (secondary N) is 1. The zero-order valence-corrected chi connectivity index (χ0v) is 13.5. The van der Waals surface area contributed by atoms with Crippen molar-refractivity contribution in [2.75, 3.05) is 23.4 Å². The van der Waals surface area contributed by atoms with Crippen LogP contribution >= 0.6 is 23.1 Å². The Morgan fingerprint density at radius 1 is 1.38 bits per heavy atom. The molecule has 0 unspecified atom stereocenters. The minimum atomic E-state index is -0.300. The number of anilines is 1. The molecule has 1 aromatic heterocycles. The van der Waals surface area contributed by atoms with E-state index in [1.807, 2.05) is 25.1 Å². The maximum Gasteiger partial charge on any atom is 0.315 e. The SMILES string of the molecule is CCOC(=O)CSCC(=O)Nc1nc2ccc(C)cc2s1. The van der Waals surface area contributed by atoms with Crippen LogP contribution in [-0.2, 0) is 14.3 Å². The number of hydrogen-bond donors (Lipinski definition) is 1. The number of amides is 1. The van der Waals surface area contributed by atoms with Crippen LogP contribution in [0.15, 0.2) is 18.2 Å². The Hall–Kier alpha value is -1.60. The lowest BCUT2D eigenvalue weighted by atomic mass is 10.2. The first kappa shape index (κ1) is 15.8. The molecule has 1 aromatic carbocycles. The molecule has 2 rings (SSSR count). The van der Waals surface area contributed by atoms with E-state index in [4.69, 9.17) is 4.74 Å². The number of hydrogen-bond acceptors (Lipinski definition) is 6. The second-order valence-electron chi connectivity index (χ2n) is 4.34. The van der Waals surface area contributed by atoms with Crippen LogP contribution in [0.3, 0.4) is 0 Å². The number of rotatable bonds is 6. The highest BCUT2D eigenvalue weighted by Gasteiger charge is 2.09. The zero-order valence-electron chi connectivity index (χ0n) is 11.8. The summed E-state index contributed by atoms with van der Waals surface area (Å²) < 4.78 is 5.84. The lowest BCUT2D eigenvalue weighted by Gasteiger charge is -2.02. The van der Waals surface area contributed by atoms with Crippen molar-refractivity contribution >= 4 is 50.3 Å². The van der Waals surface area contributed by atoms with Crippen LogP contribution in [-0.4, -0.2) is 35.0 Å². The highest BCUT2D eigenvalue weighted by molar-refractivity contribution is 8.00. The molecule has 7 heteroatoms. The van der Waals surface area contributed by atoms with Gasteiger partial charge >= 0.3 is 5.97 Å². The normalized spacial score (nSPS) is 10.6. The van der Waals surface area contributed by atoms with Gasteiger partial charge in [-0.1, -0.05) is 17.4 Å². The van der Waals surface area contributed by atoms with Crippen molar-refractivity contribution < 1.29 is 14.3 Å². The molecule has 0 aliphatic rings. The molecule has 0 aliphatic carbocycles. The number of aryl methyl sites for hydroxylation is 1. The van der Waals surface area contributed by atoms with Crippen LogP contribution in [0.25, 0.3) is 10.2 Å². The minimum absolute atomic E-state index is 0.167. The van der Waals surface area contributed by atoms with Gasteiger partial charge in [0.25, 0.3) is 0 Å². The van der Waals surface area contributed by atoms with E-state index in [2.05, 4.69) is 10.3 Å². The molecule has 0 atom stereocenters. The average molecular weight is 324 g/mol. The molecule has 0 aliphatic heterocycles. The summed E-state index contributed by atoms with van der Waals surface area (Å²) in [7, 11) is 0. The summed E-state index contributed by atoms with van der Waals surface area (Å²) in [4.78, 5) is 27.3. The molecular formula is C14H16N2O3S2. The van der Waals surface area contributed by atoms with Crippen molar-refractivity contribution in [3.8, 4) is 0 Å². The van der Waals surface area contributed by atoms with Crippen LogP contribution in [0.5, 0.6) is 0 Å². The molecule has 1 amide bonds. The maximum absolute atomic E-state index is 11.8. The number of carbonyl (C=O) groups excluding carboxylic acids is 2. The number of carbonyl (C=O) groups is 2. The van der Waals surface area contributed by atoms with Gasteiger partial charge in [0.1, 0.15) is 0 Å². The average Bonchev–Trinajstić information content (AvgIpc) is 2.80. The Kier molecular flexibility index (Phi) is 5.58. The second kappa shape index (κ2) is 7.42. The van der Waals surface area contributed by atoms with Gasteiger partial charge in [0.2, 0.25) is 5.91 Å². The van der Waals surface area contributed by atoms with Gasteiger partial charge < -0.3 is 10.1 Å². The van der Waals surface area contributed by atoms with E-state index < -0.39 is 0 Å². The first-order valence-corrected chi connectivity index (χ1v) is 8.46. The summed E-state index contributed by atoms with van der Waals surface area (Å²) in [6.07, 6.45) is 0. The third kappa shape index (κ3) is 4.71. The van der Waals surface area contributed by atoms with Crippen molar-refractivity contribution in [3.05, 3.63) is 23.8 Å². The Bertz CT molecular complexity index is 655. The van der Waals surface area contributed by atoms with Crippen LogP contribution in [0.4, 0.5) is 5.13 Å². The van der Waals surface area contributed by atoms with Crippen LogP contribution in [0.1, 0.15) is 12.5 Å². The highest BCUT2D eigenvalue weighted by Crippen LogP contribution is 2.26. The number of aromatic nitrogens is 1. The molecule has 0 fully saturated rings. The molecule has 112 valence electrons. The smallest absolute Gasteiger partial charge is 0.315 e. The van der Waals surface area contributed by atoms with Gasteiger partial charge in [0.15, 0.2) is 5.13 Å². The lowest BCUT2D eigenvalue weighted by molar-refractivity contribution is -0.139. The fourth-order valence-corrected chi connectivity index (χ4v) is 3.26. The van der Waals surface area contributed by atoms with Crippen LogP contribution in [0, 0.1) is 6.92 Å². The van der Waals surface area contributed by atoms with Gasteiger partial charge in [-0.3, -0.25) is 9.59 Å². The molecule has 0 spiro atoms. The summed E-state index contributed by atoms with van der Waals surface area (Å²) in [5.74, 6) is -0.0838. The van der Waals surface area contributed by atoms with Crippen LogP contribution < -0.4 is 5.32 Å². The van der Waals surface area contributed by atoms with Crippen molar-refractivity contribution in [3.63, 3.8) is 0 Å². The van der Waals surface area contributed by atoms with E-state index >= 15 is 0 Å². The van der Waals surface area contributed by atoms with E-state index in [-0.39, 0.29) is 23.4 Å². The number of ether oxygens (including phenoxy) is 1. The predicted molar refractivity (Wildman–Crippen MR) is 86.9 cm³/mol. The standard InChI is InChI=1S/C14H16N2O3S2/c1-3-19-13(18)8-20-7-12(17)16-14-15-10-5-4-9(2)6-11(10)21-14/h4-6H,3,7-8H2,1-2H3,(H,15,16,17). The molecule has 0 saturated carbocycles. The Morgan fingerprint density at radius 2 is 2.19 bits per heavy atom. The van der Waals surface area contributed by atoms with Gasteiger partial charge in [0, 0.05) is 0 Å². The molecule has 21 heavy (non-hydrogen) atoms. The Labute approximate surface area is 131 Å². The van der Waals surface area contributed by atoms with E-state index in [0.717, 1.165) is 15.8 Å². The number of benzene rings is 1. The fraction of sp³-hybridized carbons (Fsp3) is 0.357. The summed E-state index contributed by atoms with van der Waals surface area (Å²) in [5, 5.41) is 3.33. The minimum Gasteiger partial charge on any atom is -0.465 e. The molecule has 1 N–H and O–H groups in total. The van der Waals surface area contributed by atoms with E-state index in [0.29, 0.717) is 11.7 Å². The quantitative estimate of drug-likeness (QED) is 0.828. The third-order valence-electron chi connectivity index (χ3n) is 2.55. The second-order valence-corrected chi connectivity index (χ2v) is 6.35. The summed E-state index contributed by atoms with van der Waals surface area (Å²) in [6, 6.07) is 5.97. The molecule has 1 heterocycles. The van der Waals surface area contributed by atoms with E-state index in [1.54, 1.807) is 6.92 Å². The number of esters is 1. The molecule has 0 saturated heterocycles. The predicted octanol–water partition coefficient (Wildman–Crippen LogP) is 2.84. The molecule has 2 aromatic rings. The monoisotopic (exact) mass is 324 g/mol. The van der Waals surface area contributed by atoms with Crippen molar-refractivity contribution in [1.82, 2.24) is 4.98 Å². The molecule has 0 radical (unpaired) electrons. The van der Waals surface area contributed by atoms with Crippen molar-refractivity contribution in [1.29, 1.82) is 0 Å². The molecular weight excluding hydrogens is 308 g/mol. The van der Waals surface area contributed by atoms with Gasteiger partial charge in [-0.05, 0) is 31.5 Å². The summed E-state index contributed by atoms with van der Waals surface area (Å²) in [5.41, 5.74) is 2.04. The Morgan fingerprint density at radius 3 is 2.95 bits per heavy atom. The number of thiazole rings is 1. The van der Waals surface area contributed by atoms with Crippen molar-refractivity contribution in [2.24, 2.45) is 0 Å². The lowest BCUT2D eigenvalue weighted by Crippen LogP contribution is -2.16. The van der Waals surface area contributed by atoms with Gasteiger partial charge in [0.05, 0.1) is 28.3 Å². The Balaban J connectivity index is 1.85. The summed E-state index contributed by atoms with van der Waals surface area (Å²) in [6.45, 7) is 4.13. The molecule has 0 bridgehead atoms. The van der Waals surface area contributed by atoms with Gasteiger partial charge in [-0.2, -0.15) is 0 Å². The van der Waals surface area contributed by atoms with Gasteiger partial charge in [-0.25, -0.2) is 4.98 Å². The number of nitrogens with zero attached hydrogens (tertiary/aromatic N) is 1. The van der Waals surface area contributed by atoms with Gasteiger partial charge in [-0.15, -0.1) is 11.8 Å². The number of fused-ring (bicyclic) bond motifs is 1. The fourth-order valence-electron chi connectivity index (χ4n) is 1.67. The highest BCUT2D eigenvalue weighted by atomic mass is 32.2. The molecule has 5 nitrogen and oxygen atoms in total. The topological polar surface area (TPSA) is 68.3 Å². The van der Waals surface area contributed by atoms with Crippen molar-refractivity contribution in [2.45, 2.75) is 13.8 Å².